The van der Waals surface area contributed by atoms with Crippen LogP contribution in [0, 0.1) is 13.8 Å². The first-order valence-electron chi connectivity index (χ1n) is 4.11. The van der Waals surface area contributed by atoms with Crippen molar-refractivity contribution in [2.75, 3.05) is 5.73 Å². The van der Waals surface area contributed by atoms with Crippen LogP contribution in [0.1, 0.15) is 17.3 Å². The number of rotatable bonds is 2. The normalized spacial score (nSPS) is 10.7. The lowest BCUT2D eigenvalue weighted by molar-refractivity contribution is 0.444. The Morgan fingerprint density at radius 2 is 2.21 bits per heavy atom. The van der Waals surface area contributed by atoms with Crippen LogP contribution in [-0.2, 0) is 6.54 Å². The van der Waals surface area contributed by atoms with Crippen molar-refractivity contribution in [2.24, 2.45) is 0 Å². The molecule has 7 nitrogen and oxygen atoms in total. The number of aromatic nitrogens is 5. The molecule has 0 atom stereocenters. The van der Waals surface area contributed by atoms with E-state index in [-0.39, 0.29) is 5.95 Å². The number of hydrogen-bond donors (Lipinski definition) is 1. The van der Waals surface area contributed by atoms with E-state index in [1.807, 2.05) is 13.8 Å². The van der Waals surface area contributed by atoms with Gasteiger partial charge in [-0.25, -0.2) is 9.67 Å². The molecule has 0 amide bonds. The smallest absolute Gasteiger partial charge is 0.240 e. The maximum atomic E-state index is 5.49. The molecule has 0 bridgehead atoms. The molecule has 0 aliphatic carbocycles. The molecule has 2 heterocycles. The first-order valence-corrected chi connectivity index (χ1v) is 4.11. The van der Waals surface area contributed by atoms with E-state index in [1.165, 1.54) is 4.68 Å². The summed E-state index contributed by atoms with van der Waals surface area (Å²) >= 11 is 0. The predicted molar refractivity (Wildman–Crippen MR) is 47.3 cm³/mol. The molecule has 2 N–H and O–H groups in total. The molecule has 0 saturated heterocycles. The number of anilines is 1. The van der Waals surface area contributed by atoms with E-state index in [1.54, 1.807) is 0 Å². The lowest BCUT2D eigenvalue weighted by Crippen LogP contribution is -2.06. The molecule has 14 heavy (non-hydrogen) atoms. The Morgan fingerprint density at radius 3 is 2.71 bits per heavy atom. The van der Waals surface area contributed by atoms with Gasteiger partial charge in [-0.05, 0) is 24.3 Å². The Hall–Kier alpha value is -1.92. The number of aryl methyl sites for hydroxylation is 2. The van der Waals surface area contributed by atoms with Crippen LogP contribution in [0.15, 0.2) is 4.42 Å². The van der Waals surface area contributed by atoms with Crippen molar-refractivity contribution in [1.29, 1.82) is 0 Å². The van der Waals surface area contributed by atoms with Gasteiger partial charge in [-0.1, -0.05) is 5.10 Å². The third-order valence-corrected chi connectivity index (χ3v) is 1.92. The Bertz CT molecular complexity index is 425. The van der Waals surface area contributed by atoms with Gasteiger partial charge in [0.15, 0.2) is 0 Å². The summed E-state index contributed by atoms with van der Waals surface area (Å²) in [6.07, 6.45) is 0. The van der Waals surface area contributed by atoms with Gasteiger partial charge in [-0.15, -0.1) is 0 Å². The number of nitrogen functional groups attached to an aromatic ring is 1. The van der Waals surface area contributed by atoms with Gasteiger partial charge in [-0.2, -0.15) is 0 Å². The lowest BCUT2D eigenvalue weighted by Gasteiger charge is -1.95. The van der Waals surface area contributed by atoms with Crippen molar-refractivity contribution in [3.05, 3.63) is 17.3 Å². The maximum Gasteiger partial charge on any atom is 0.240 e. The molecule has 2 aromatic heterocycles. The molecule has 0 unspecified atom stereocenters. The molecule has 2 aromatic rings. The van der Waals surface area contributed by atoms with Crippen LogP contribution in [0.5, 0.6) is 0 Å². The third kappa shape index (κ3) is 1.43. The second kappa shape index (κ2) is 3.09. The van der Waals surface area contributed by atoms with E-state index in [2.05, 4.69) is 20.5 Å². The van der Waals surface area contributed by atoms with Crippen LogP contribution in [0.4, 0.5) is 5.95 Å². The monoisotopic (exact) mass is 194 g/mol. The zero-order chi connectivity index (χ0) is 10.1. The van der Waals surface area contributed by atoms with Crippen LogP contribution in [0.2, 0.25) is 0 Å². The molecular weight excluding hydrogens is 184 g/mol. The number of hydrogen-bond acceptors (Lipinski definition) is 6. The van der Waals surface area contributed by atoms with Crippen molar-refractivity contribution in [2.45, 2.75) is 20.4 Å². The van der Waals surface area contributed by atoms with E-state index in [9.17, 15) is 0 Å². The first kappa shape index (κ1) is 8.67. The van der Waals surface area contributed by atoms with E-state index in [4.69, 9.17) is 10.2 Å². The molecule has 74 valence electrons. The van der Waals surface area contributed by atoms with Crippen LogP contribution >= 0.6 is 0 Å². The van der Waals surface area contributed by atoms with E-state index >= 15 is 0 Å². The number of nitrogens with two attached hydrogens (primary N) is 1. The molecule has 0 aromatic carbocycles. The standard InChI is InChI=1S/C7H10N6O/c1-4-5(2)14-6(9-4)3-13-7(8)10-11-12-13/h3H2,1-2H3,(H2,8,10,12). The molecule has 0 radical (unpaired) electrons. The predicted octanol–water partition coefficient (Wildman–Crippen LogP) is -0.0916. The average Bonchev–Trinajstić information content (AvgIpc) is 2.63. The Labute approximate surface area is 79.9 Å². The van der Waals surface area contributed by atoms with Gasteiger partial charge in [0.2, 0.25) is 11.8 Å². The number of oxazole rings is 1. The van der Waals surface area contributed by atoms with Crippen LogP contribution < -0.4 is 5.73 Å². The summed E-state index contributed by atoms with van der Waals surface area (Å²) < 4.78 is 6.78. The topological polar surface area (TPSA) is 95.7 Å². The Morgan fingerprint density at radius 1 is 1.43 bits per heavy atom. The minimum Gasteiger partial charge on any atom is -0.444 e. The second-order valence-electron chi connectivity index (χ2n) is 2.94. The molecule has 0 aliphatic heterocycles. The fourth-order valence-electron chi connectivity index (χ4n) is 1.06. The van der Waals surface area contributed by atoms with E-state index in [0.29, 0.717) is 12.4 Å². The molecule has 2 rings (SSSR count). The highest BCUT2D eigenvalue weighted by Gasteiger charge is 2.08. The highest BCUT2D eigenvalue weighted by atomic mass is 16.4. The van der Waals surface area contributed by atoms with Crippen LogP contribution in [0.3, 0.4) is 0 Å². The molecule has 0 saturated carbocycles. The minimum absolute atomic E-state index is 0.249. The van der Waals surface area contributed by atoms with Crippen molar-refractivity contribution in [3.8, 4) is 0 Å². The number of tetrazole rings is 1. The summed E-state index contributed by atoms with van der Waals surface area (Å²) in [7, 11) is 0. The van der Waals surface area contributed by atoms with Crippen molar-refractivity contribution in [3.63, 3.8) is 0 Å². The summed E-state index contributed by atoms with van der Waals surface area (Å²) in [5.41, 5.74) is 6.36. The largest absolute Gasteiger partial charge is 0.444 e. The van der Waals surface area contributed by atoms with Crippen molar-refractivity contribution in [1.82, 2.24) is 25.2 Å². The molecule has 0 spiro atoms. The summed E-state index contributed by atoms with van der Waals surface area (Å²) in [4.78, 5) is 4.19. The molecular formula is C7H10N6O. The minimum atomic E-state index is 0.249. The lowest BCUT2D eigenvalue weighted by atomic mass is 10.4. The molecule has 0 aliphatic rings. The average molecular weight is 194 g/mol. The van der Waals surface area contributed by atoms with Crippen molar-refractivity contribution < 1.29 is 4.42 Å². The van der Waals surface area contributed by atoms with Gasteiger partial charge >= 0.3 is 0 Å². The SMILES string of the molecule is Cc1nc(Cn2nnnc2N)oc1C. The summed E-state index contributed by atoms with van der Waals surface area (Å²) in [6.45, 7) is 4.09. The summed E-state index contributed by atoms with van der Waals surface area (Å²) in [5, 5.41) is 10.6. The van der Waals surface area contributed by atoms with E-state index < -0.39 is 0 Å². The molecule has 0 fully saturated rings. The Kier molecular flexibility index (Phi) is 1.91. The third-order valence-electron chi connectivity index (χ3n) is 1.92. The Balaban J connectivity index is 2.23. The van der Waals surface area contributed by atoms with Gasteiger partial charge in [0, 0.05) is 0 Å². The van der Waals surface area contributed by atoms with E-state index in [0.717, 1.165) is 11.5 Å². The second-order valence-corrected chi connectivity index (χ2v) is 2.94. The van der Waals surface area contributed by atoms with Crippen LogP contribution in [-0.4, -0.2) is 25.2 Å². The highest BCUT2D eigenvalue weighted by molar-refractivity contribution is 5.12. The van der Waals surface area contributed by atoms with Gasteiger partial charge in [0.05, 0.1) is 5.69 Å². The maximum absolute atomic E-state index is 5.49. The fraction of sp³-hybridized carbons (Fsp3) is 0.429. The van der Waals surface area contributed by atoms with Gasteiger partial charge in [0.25, 0.3) is 0 Å². The summed E-state index contributed by atoms with van der Waals surface area (Å²) in [6, 6.07) is 0. The van der Waals surface area contributed by atoms with Crippen LogP contribution in [0.25, 0.3) is 0 Å². The molecule has 7 heteroatoms. The zero-order valence-corrected chi connectivity index (χ0v) is 7.93. The first-order chi connectivity index (χ1) is 6.66. The van der Waals surface area contributed by atoms with Gasteiger partial charge < -0.3 is 10.2 Å². The quantitative estimate of drug-likeness (QED) is 0.717. The summed E-state index contributed by atoms with van der Waals surface area (Å²) in [5.74, 6) is 1.60. The van der Waals surface area contributed by atoms with Crippen molar-refractivity contribution >= 4 is 5.95 Å². The zero-order valence-electron chi connectivity index (χ0n) is 7.93. The fourth-order valence-corrected chi connectivity index (χ4v) is 1.06. The highest BCUT2D eigenvalue weighted by Crippen LogP contribution is 2.09. The number of nitrogens with zero attached hydrogens (tertiary/aromatic N) is 5. The van der Waals surface area contributed by atoms with Gasteiger partial charge in [0.1, 0.15) is 12.3 Å². The van der Waals surface area contributed by atoms with Gasteiger partial charge in [-0.3, -0.25) is 0 Å².